The lowest BCUT2D eigenvalue weighted by atomic mass is 10.0. The molecule has 0 radical (unpaired) electrons. The molecule has 0 fully saturated rings. The third kappa shape index (κ3) is 5.93. The molecule has 0 spiro atoms. The lowest BCUT2D eigenvalue weighted by molar-refractivity contribution is -0.116. The van der Waals surface area contributed by atoms with Crippen LogP contribution in [0.15, 0.2) is 77.7 Å². The topological polar surface area (TPSA) is 92.3 Å². The Kier molecular flexibility index (Phi) is 7.27. The quantitative estimate of drug-likeness (QED) is 0.497. The average molecular weight is 475 g/mol. The van der Waals surface area contributed by atoms with E-state index in [-0.39, 0.29) is 27.6 Å². The summed E-state index contributed by atoms with van der Waals surface area (Å²) in [6.07, 6.45) is 0.768. The van der Waals surface area contributed by atoms with Crippen LogP contribution in [0.2, 0.25) is 5.02 Å². The number of nitrogens with one attached hydrogen (secondary N) is 2. The maximum absolute atomic E-state index is 14.2. The van der Waals surface area contributed by atoms with E-state index >= 15 is 0 Å². The van der Waals surface area contributed by atoms with Gasteiger partial charge in [-0.25, -0.2) is 12.8 Å². The molecule has 2 N–H and O–H groups in total. The summed E-state index contributed by atoms with van der Waals surface area (Å²) in [5.41, 5.74) is 0.651. The highest BCUT2D eigenvalue weighted by molar-refractivity contribution is 7.90. The minimum Gasteiger partial charge on any atom is -0.345 e. The Morgan fingerprint density at radius 3 is 2.31 bits per heavy atom. The van der Waals surface area contributed by atoms with Gasteiger partial charge in [0.15, 0.2) is 9.84 Å². The van der Waals surface area contributed by atoms with Crippen LogP contribution in [0.4, 0.5) is 10.1 Å². The minimum absolute atomic E-state index is 0.124. The first-order chi connectivity index (χ1) is 15.1. The van der Waals surface area contributed by atoms with Gasteiger partial charge in [0.05, 0.1) is 33.6 Å². The Bertz CT molecular complexity index is 1250. The molecule has 0 aliphatic carbocycles. The fourth-order valence-corrected chi connectivity index (χ4v) is 3.91. The normalized spacial score (nSPS) is 12.1. The zero-order valence-corrected chi connectivity index (χ0v) is 18.6. The van der Waals surface area contributed by atoms with Crippen LogP contribution in [-0.4, -0.2) is 26.5 Å². The molecular weight excluding hydrogens is 455 g/mol. The van der Waals surface area contributed by atoms with Gasteiger partial charge in [-0.2, -0.15) is 0 Å². The smallest absolute Gasteiger partial charge is 0.253 e. The van der Waals surface area contributed by atoms with Gasteiger partial charge in [-0.3, -0.25) is 9.59 Å². The molecular formula is C23H20ClFN2O4S. The van der Waals surface area contributed by atoms with Crippen LogP contribution in [-0.2, 0) is 14.6 Å². The van der Waals surface area contributed by atoms with E-state index in [1.165, 1.54) is 0 Å². The van der Waals surface area contributed by atoms with Crippen molar-refractivity contribution in [2.24, 2.45) is 0 Å². The van der Waals surface area contributed by atoms with Crippen molar-refractivity contribution in [3.63, 3.8) is 0 Å². The lowest BCUT2D eigenvalue weighted by Crippen LogP contribution is -2.31. The Balaban J connectivity index is 1.82. The van der Waals surface area contributed by atoms with Gasteiger partial charge < -0.3 is 10.6 Å². The largest absolute Gasteiger partial charge is 0.345 e. The van der Waals surface area contributed by atoms with Gasteiger partial charge in [0, 0.05) is 6.26 Å². The summed E-state index contributed by atoms with van der Waals surface area (Å²) in [5, 5.41) is 5.44. The third-order valence-electron chi connectivity index (χ3n) is 4.66. The fourth-order valence-electron chi connectivity index (χ4n) is 3.04. The van der Waals surface area contributed by atoms with Crippen molar-refractivity contribution >= 4 is 38.9 Å². The summed E-state index contributed by atoms with van der Waals surface area (Å²) in [6, 6.07) is 17.7. The predicted octanol–water partition coefficient (Wildman–Crippen LogP) is 4.38. The van der Waals surface area contributed by atoms with E-state index in [0.717, 1.165) is 24.5 Å². The number of hydrogen-bond acceptors (Lipinski definition) is 4. The summed E-state index contributed by atoms with van der Waals surface area (Å²) in [5.74, 6) is -1.85. The molecule has 1 atom stereocenters. The molecule has 0 aliphatic heterocycles. The van der Waals surface area contributed by atoms with Crippen molar-refractivity contribution in [3.05, 3.63) is 94.8 Å². The third-order valence-corrected chi connectivity index (χ3v) is 6.10. The van der Waals surface area contributed by atoms with E-state index in [9.17, 15) is 22.4 Å². The van der Waals surface area contributed by atoms with Crippen LogP contribution < -0.4 is 10.6 Å². The molecule has 3 rings (SSSR count). The predicted molar refractivity (Wildman–Crippen MR) is 121 cm³/mol. The molecule has 0 bridgehead atoms. The Hall–Kier alpha value is -3.23. The molecule has 166 valence electrons. The first kappa shape index (κ1) is 23.4. The van der Waals surface area contributed by atoms with Gasteiger partial charge in [0.1, 0.15) is 5.82 Å². The van der Waals surface area contributed by atoms with Crippen LogP contribution >= 0.6 is 11.6 Å². The van der Waals surface area contributed by atoms with Crippen molar-refractivity contribution in [2.75, 3.05) is 11.6 Å². The number of anilines is 1. The first-order valence-corrected chi connectivity index (χ1v) is 11.8. The summed E-state index contributed by atoms with van der Waals surface area (Å²) in [6.45, 7) is 0. The van der Waals surface area contributed by atoms with Crippen molar-refractivity contribution < 1.29 is 22.4 Å². The number of benzene rings is 3. The average Bonchev–Trinajstić information content (AvgIpc) is 2.75. The maximum atomic E-state index is 14.2. The van der Waals surface area contributed by atoms with Gasteiger partial charge >= 0.3 is 0 Å². The van der Waals surface area contributed by atoms with Crippen LogP contribution in [0.5, 0.6) is 0 Å². The van der Waals surface area contributed by atoms with E-state index < -0.39 is 33.5 Å². The molecule has 6 nitrogen and oxygen atoms in total. The van der Waals surface area contributed by atoms with Gasteiger partial charge in [-0.05, 0) is 35.9 Å². The van der Waals surface area contributed by atoms with Crippen molar-refractivity contribution in [1.82, 2.24) is 5.32 Å². The number of carbonyl (C=O) groups excluding carboxylic acids is 2. The zero-order chi connectivity index (χ0) is 23.3. The summed E-state index contributed by atoms with van der Waals surface area (Å²) in [4.78, 5) is 25.3. The summed E-state index contributed by atoms with van der Waals surface area (Å²) < 4.78 is 37.6. The Morgan fingerprint density at radius 2 is 1.66 bits per heavy atom. The number of carbonyl (C=O) groups is 2. The van der Waals surface area contributed by atoms with Crippen LogP contribution in [0, 0.1) is 5.82 Å². The standard InChI is InChI=1S/C23H20ClFN2O4S/c1-32(30,31)16-11-12-19(25)21(13-16)26-22(28)14-20(15-7-3-2-4-8-15)27-23(29)17-9-5-6-10-18(17)24/h2-13,20H,14H2,1H3,(H,26,28)(H,27,29). The minimum atomic E-state index is -3.58. The Morgan fingerprint density at radius 1 is 1.00 bits per heavy atom. The second-order valence-electron chi connectivity index (χ2n) is 7.08. The van der Waals surface area contributed by atoms with E-state index in [1.54, 1.807) is 54.6 Å². The SMILES string of the molecule is CS(=O)(=O)c1ccc(F)c(NC(=O)CC(NC(=O)c2ccccc2Cl)c2ccccc2)c1. The number of amides is 2. The van der Waals surface area contributed by atoms with E-state index in [0.29, 0.717) is 5.56 Å². The molecule has 0 aliphatic rings. The highest BCUT2D eigenvalue weighted by Gasteiger charge is 2.21. The van der Waals surface area contributed by atoms with Crippen LogP contribution in [0.3, 0.4) is 0 Å². The van der Waals surface area contributed by atoms with Gasteiger partial charge in [0.2, 0.25) is 5.91 Å². The van der Waals surface area contributed by atoms with E-state index in [4.69, 9.17) is 11.6 Å². The molecule has 0 aromatic heterocycles. The molecule has 9 heteroatoms. The van der Waals surface area contributed by atoms with Crippen molar-refractivity contribution in [2.45, 2.75) is 17.4 Å². The molecule has 3 aromatic rings. The lowest BCUT2D eigenvalue weighted by Gasteiger charge is -2.20. The molecule has 0 saturated heterocycles. The fraction of sp³-hybridized carbons (Fsp3) is 0.130. The van der Waals surface area contributed by atoms with Crippen LogP contribution in [0.25, 0.3) is 0 Å². The van der Waals surface area contributed by atoms with E-state index in [2.05, 4.69) is 10.6 Å². The highest BCUT2D eigenvalue weighted by Crippen LogP contribution is 2.23. The summed E-state index contributed by atoms with van der Waals surface area (Å²) >= 11 is 6.10. The number of hydrogen-bond donors (Lipinski definition) is 2. The van der Waals surface area contributed by atoms with Crippen LogP contribution in [0.1, 0.15) is 28.4 Å². The molecule has 2 amide bonds. The number of rotatable bonds is 7. The number of sulfone groups is 1. The Labute approximate surface area is 190 Å². The zero-order valence-electron chi connectivity index (χ0n) is 17.0. The van der Waals surface area contributed by atoms with Gasteiger partial charge in [-0.1, -0.05) is 54.1 Å². The molecule has 1 unspecified atom stereocenters. The second-order valence-corrected chi connectivity index (χ2v) is 9.51. The molecule has 0 heterocycles. The van der Waals surface area contributed by atoms with Crippen molar-refractivity contribution in [3.8, 4) is 0 Å². The maximum Gasteiger partial charge on any atom is 0.253 e. The second kappa shape index (κ2) is 9.93. The molecule has 3 aromatic carbocycles. The van der Waals surface area contributed by atoms with Crippen molar-refractivity contribution in [1.29, 1.82) is 0 Å². The van der Waals surface area contributed by atoms with Gasteiger partial charge in [-0.15, -0.1) is 0 Å². The first-order valence-electron chi connectivity index (χ1n) is 9.55. The van der Waals surface area contributed by atoms with Gasteiger partial charge in [0.25, 0.3) is 5.91 Å². The monoisotopic (exact) mass is 474 g/mol. The van der Waals surface area contributed by atoms with E-state index in [1.807, 2.05) is 0 Å². The summed E-state index contributed by atoms with van der Waals surface area (Å²) in [7, 11) is -3.58. The number of halogens is 2. The molecule has 32 heavy (non-hydrogen) atoms. The highest BCUT2D eigenvalue weighted by atomic mass is 35.5. The molecule has 0 saturated carbocycles.